The maximum absolute atomic E-state index is 13.4. The van der Waals surface area contributed by atoms with Gasteiger partial charge in [-0.25, -0.2) is 4.98 Å². The first-order chi connectivity index (χ1) is 21.1. The van der Waals surface area contributed by atoms with Crippen molar-refractivity contribution in [2.45, 2.75) is 19.1 Å². The van der Waals surface area contributed by atoms with E-state index in [0.29, 0.717) is 27.1 Å². The maximum atomic E-state index is 13.4. The van der Waals surface area contributed by atoms with E-state index in [0.717, 1.165) is 33.7 Å². The fourth-order valence-corrected chi connectivity index (χ4v) is 5.68. The third kappa shape index (κ3) is 7.45. The number of nitrogens with zero attached hydrogens (tertiary/aromatic N) is 2. The summed E-state index contributed by atoms with van der Waals surface area (Å²) in [5.74, 6) is -1.42. The minimum absolute atomic E-state index is 0.00135. The van der Waals surface area contributed by atoms with Gasteiger partial charge in [0.1, 0.15) is 0 Å². The Kier molecular flexibility index (Phi) is 9.32. The molecule has 0 atom stereocenters. The Morgan fingerprint density at radius 3 is 2.14 bits per heavy atom. The van der Waals surface area contributed by atoms with Crippen molar-refractivity contribution in [3.8, 4) is 21.7 Å². The highest BCUT2D eigenvalue weighted by Gasteiger charge is 2.30. The number of aliphatic carboxylic acids is 1. The number of carbonyl (C=O) groups excluding carboxylic acids is 1. The number of carboxylic acid groups (broad SMARTS) is 1. The minimum atomic E-state index is -4.48. The van der Waals surface area contributed by atoms with E-state index in [9.17, 15) is 22.8 Å². The van der Waals surface area contributed by atoms with Crippen molar-refractivity contribution < 1.29 is 27.9 Å². The predicted octanol–water partition coefficient (Wildman–Crippen LogP) is 8.69. The number of nitrogens with one attached hydrogen (secondary N) is 1. The molecular weight excluding hydrogens is 611 g/mol. The second-order valence-corrected chi connectivity index (χ2v) is 11.2. The van der Waals surface area contributed by atoms with Crippen LogP contribution >= 0.6 is 22.9 Å². The molecule has 0 aliphatic rings. The van der Waals surface area contributed by atoms with Crippen molar-refractivity contribution in [1.29, 1.82) is 0 Å². The zero-order valence-electron chi connectivity index (χ0n) is 23.0. The predicted molar refractivity (Wildman–Crippen MR) is 166 cm³/mol. The van der Waals surface area contributed by atoms with Gasteiger partial charge in [0.25, 0.3) is 5.91 Å². The molecule has 0 saturated carbocycles. The van der Waals surface area contributed by atoms with Gasteiger partial charge in [0.15, 0.2) is 5.13 Å². The molecule has 1 aromatic heterocycles. The first kappa shape index (κ1) is 30.8. The summed E-state index contributed by atoms with van der Waals surface area (Å²) in [6.07, 6.45) is -4.67. The average Bonchev–Trinajstić information content (AvgIpc) is 3.45. The monoisotopic (exact) mass is 635 g/mol. The first-order valence-corrected chi connectivity index (χ1v) is 14.6. The van der Waals surface area contributed by atoms with Gasteiger partial charge >= 0.3 is 12.1 Å². The smallest absolute Gasteiger partial charge is 0.416 e. The number of rotatable bonds is 10. The molecule has 1 heterocycles. The summed E-state index contributed by atoms with van der Waals surface area (Å²) in [6, 6.07) is 28.6. The van der Waals surface area contributed by atoms with Crippen LogP contribution in [0.25, 0.3) is 21.7 Å². The lowest BCUT2D eigenvalue weighted by molar-refractivity contribution is -0.138. The lowest BCUT2D eigenvalue weighted by Crippen LogP contribution is -2.26. The number of anilines is 2. The number of hydrogen-bond acceptors (Lipinski definition) is 5. The summed E-state index contributed by atoms with van der Waals surface area (Å²) in [5, 5.41) is 12.5. The summed E-state index contributed by atoms with van der Waals surface area (Å²) in [7, 11) is 0. The number of alkyl halides is 3. The third-order valence-electron chi connectivity index (χ3n) is 6.69. The molecule has 4 aromatic carbocycles. The molecule has 0 radical (unpaired) electrons. The van der Waals surface area contributed by atoms with Crippen LogP contribution in [0.2, 0.25) is 5.02 Å². The van der Waals surface area contributed by atoms with Crippen LogP contribution in [0.5, 0.6) is 0 Å². The summed E-state index contributed by atoms with van der Waals surface area (Å²) < 4.78 is 40.1. The standard InChI is InChI=1S/C33H25ClF3N3O3S/c34-26-14-10-22(11-15-26)29-30(23-4-2-1-3-5-23)44-32(39-29)40(27-16-12-25(13-17-27)33(35,36)37)20-21-6-8-24(9-7-21)31(43)38-19-18-28(41)42/h1-17H,18-20H2,(H,38,43)(H,41,42). The van der Waals surface area contributed by atoms with E-state index < -0.39 is 23.6 Å². The number of thiazole rings is 1. The zero-order chi connectivity index (χ0) is 31.3. The SMILES string of the molecule is O=C(O)CCNC(=O)c1ccc(CN(c2ccc(C(F)(F)F)cc2)c2nc(-c3ccc(Cl)cc3)c(-c3ccccc3)s2)cc1. The lowest BCUT2D eigenvalue weighted by Gasteiger charge is -2.23. The fraction of sp³-hybridized carbons (Fsp3) is 0.121. The Bertz CT molecular complexity index is 1740. The van der Waals surface area contributed by atoms with Crippen molar-refractivity contribution in [1.82, 2.24) is 10.3 Å². The molecule has 0 fully saturated rings. The number of carbonyl (C=O) groups is 2. The van der Waals surface area contributed by atoms with Crippen molar-refractivity contribution in [3.05, 3.63) is 125 Å². The van der Waals surface area contributed by atoms with Gasteiger partial charge in [0.05, 0.1) is 29.1 Å². The largest absolute Gasteiger partial charge is 0.481 e. The van der Waals surface area contributed by atoms with Crippen LogP contribution in [0.4, 0.5) is 24.0 Å². The van der Waals surface area contributed by atoms with Crippen LogP contribution in [0.15, 0.2) is 103 Å². The Morgan fingerprint density at radius 1 is 0.864 bits per heavy atom. The van der Waals surface area contributed by atoms with Gasteiger partial charge in [-0.3, -0.25) is 9.59 Å². The van der Waals surface area contributed by atoms with Crippen LogP contribution in [-0.4, -0.2) is 28.5 Å². The molecule has 0 aliphatic carbocycles. The fourth-order valence-electron chi connectivity index (χ4n) is 4.44. The Hall–Kier alpha value is -4.67. The molecule has 0 unspecified atom stereocenters. The summed E-state index contributed by atoms with van der Waals surface area (Å²) in [5.41, 5.74) is 3.35. The Labute approximate surface area is 260 Å². The number of amides is 1. The quantitative estimate of drug-likeness (QED) is 0.160. The van der Waals surface area contributed by atoms with Crippen LogP contribution in [0, 0.1) is 0 Å². The Morgan fingerprint density at radius 2 is 1.52 bits per heavy atom. The third-order valence-corrected chi connectivity index (χ3v) is 8.07. The van der Waals surface area contributed by atoms with E-state index in [4.69, 9.17) is 21.7 Å². The second kappa shape index (κ2) is 13.3. The van der Waals surface area contributed by atoms with Gasteiger partial charge in [-0.05, 0) is 59.7 Å². The van der Waals surface area contributed by atoms with E-state index in [-0.39, 0.29) is 19.5 Å². The summed E-state index contributed by atoms with van der Waals surface area (Å²) in [4.78, 5) is 30.9. The van der Waals surface area contributed by atoms with Crippen molar-refractivity contribution >= 4 is 45.6 Å². The van der Waals surface area contributed by atoms with E-state index in [2.05, 4.69) is 5.32 Å². The van der Waals surface area contributed by atoms with Gasteiger partial charge < -0.3 is 15.3 Å². The normalized spacial score (nSPS) is 11.3. The van der Waals surface area contributed by atoms with E-state index in [1.54, 1.807) is 36.4 Å². The lowest BCUT2D eigenvalue weighted by atomic mass is 10.1. The summed E-state index contributed by atoms with van der Waals surface area (Å²) >= 11 is 7.55. The van der Waals surface area contributed by atoms with E-state index in [1.807, 2.05) is 47.4 Å². The molecule has 2 N–H and O–H groups in total. The van der Waals surface area contributed by atoms with Gasteiger partial charge in [-0.2, -0.15) is 13.2 Å². The molecule has 224 valence electrons. The molecule has 44 heavy (non-hydrogen) atoms. The van der Waals surface area contributed by atoms with Crippen LogP contribution in [0.1, 0.15) is 27.9 Å². The van der Waals surface area contributed by atoms with Gasteiger partial charge in [0.2, 0.25) is 0 Å². The number of hydrogen-bond donors (Lipinski definition) is 2. The molecule has 6 nitrogen and oxygen atoms in total. The first-order valence-electron chi connectivity index (χ1n) is 13.4. The highest BCUT2D eigenvalue weighted by Crippen LogP contribution is 2.43. The summed E-state index contributed by atoms with van der Waals surface area (Å²) in [6.45, 7) is 0.245. The molecule has 0 spiro atoms. The van der Waals surface area contributed by atoms with E-state index >= 15 is 0 Å². The van der Waals surface area contributed by atoms with Crippen LogP contribution < -0.4 is 10.2 Å². The van der Waals surface area contributed by atoms with Crippen molar-refractivity contribution in [3.63, 3.8) is 0 Å². The Balaban J connectivity index is 1.53. The number of carboxylic acids is 1. The maximum Gasteiger partial charge on any atom is 0.416 e. The van der Waals surface area contributed by atoms with Gasteiger partial charge in [-0.1, -0.05) is 77.5 Å². The van der Waals surface area contributed by atoms with E-state index in [1.165, 1.54) is 23.5 Å². The highest BCUT2D eigenvalue weighted by molar-refractivity contribution is 7.19. The topological polar surface area (TPSA) is 82.5 Å². The zero-order valence-corrected chi connectivity index (χ0v) is 24.6. The average molecular weight is 636 g/mol. The van der Waals surface area contributed by atoms with Gasteiger partial charge in [-0.15, -0.1) is 0 Å². The number of halogens is 4. The molecule has 11 heteroatoms. The van der Waals surface area contributed by atoms with Crippen molar-refractivity contribution in [2.24, 2.45) is 0 Å². The van der Waals surface area contributed by atoms with Gasteiger partial charge in [0, 0.05) is 28.4 Å². The molecule has 5 rings (SSSR count). The van der Waals surface area contributed by atoms with Crippen molar-refractivity contribution in [2.75, 3.05) is 11.4 Å². The highest BCUT2D eigenvalue weighted by atomic mass is 35.5. The molecule has 1 amide bonds. The van der Waals surface area contributed by atoms with Crippen LogP contribution in [0.3, 0.4) is 0 Å². The minimum Gasteiger partial charge on any atom is -0.481 e. The molecule has 0 aliphatic heterocycles. The number of benzene rings is 4. The second-order valence-electron chi connectivity index (χ2n) is 9.77. The number of aromatic nitrogens is 1. The molecule has 0 bridgehead atoms. The molecule has 5 aromatic rings. The molecule has 0 saturated heterocycles. The van der Waals surface area contributed by atoms with Crippen LogP contribution in [-0.2, 0) is 17.5 Å². The molecular formula is C33H25ClF3N3O3S.